The maximum absolute atomic E-state index is 12.1. The quantitative estimate of drug-likeness (QED) is 0.914. The van der Waals surface area contributed by atoms with Crippen LogP contribution < -0.4 is 0 Å². The minimum atomic E-state index is -1.04. The van der Waals surface area contributed by atoms with Gasteiger partial charge in [0.2, 0.25) is 0 Å². The summed E-state index contributed by atoms with van der Waals surface area (Å²) >= 11 is 1.29. The molecule has 20 heavy (non-hydrogen) atoms. The predicted octanol–water partition coefficient (Wildman–Crippen LogP) is 2.26. The molecule has 2 rings (SSSR count). The molecule has 0 unspecified atom stereocenters. The summed E-state index contributed by atoms with van der Waals surface area (Å²) in [6, 6.07) is 3.61. The maximum atomic E-state index is 12.1. The first-order chi connectivity index (χ1) is 9.51. The van der Waals surface area contributed by atoms with E-state index in [9.17, 15) is 9.59 Å². The van der Waals surface area contributed by atoms with Crippen molar-refractivity contribution in [2.45, 2.75) is 13.8 Å². The van der Waals surface area contributed by atoms with Crippen molar-refractivity contribution >= 4 is 23.2 Å². The van der Waals surface area contributed by atoms with Crippen LogP contribution in [-0.4, -0.2) is 40.0 Å². The Hall–Kier alpha value is -2.15. The largest absolute Gasteiger partial charge is 0.480 e. The molecule has 0 atom stereocenters. The highest BCUT2D eigenvalue weighted by atomic mass is 32.1. The van der Waals surface area contributed by atoms with E-state index in [-0.39, 0.29) is 18.1 Å². The lowest BCUT2D eigenvalue weighted by molar-refractivity contribution is -0.137. The number of likely N-dealkylation sites (N-methyl/N-ethyl adjacent to an activating group) is 1. The Balaban J connectivity index is 2.19. The lowest BCUT2D eigenvalue weighted by Gasteiger charge is -2.16. The van der Waals surface area contributed by atoms with Gasteiger partial charge in [-0.1, -0.05) is 0 Å². The van der Waals surface area contributed by atoms with Crippen molar-refractivity contribution in [3.05, 3.63) is 29.0 Å². The van der Waals surface area contributed by atoms with Crippen molar-refractivity contribution in [2.75, 3.05) is 13.1 Å². The number of carbonyl (C=O) groups excluding carboxylic acids is 1. The zero-order chi connectivity index (χ0) is 14.7. The third-order valence-corrected chi connectivity index (χ3v) is 3.53. The molecule has 0 saturated carbocycles. The van der Waals surface area contributed by atoms with Gasteiger partial charge in [0.05, 0.1) is 0 Å². The van der Waals surface area contributed by atoms with Gasteiger partial charge in [-0.05, 0) is 26.0 Å². The summed E-state index contributed by atoms with van der Waals surface area (Å²) in [6.07, 6.45) is 0. The summed E-state index contributed by atoms with van der Waals surface area (Å²) in [4.78, 5) is 28.3. The second-order valence-electron chi connectivity index (χ2n) is 4.16. The Bertz CT molecular complexity index is 632. The number of amides is 1. The zero-order valence-corrected chi connectivity index (χ0v) is 11.9. The number of aliphatic carboxylic acids is 1. The van der Waals surface area contributed by atoms with Crippen molar-refractivity contribution in [1.82, 2.24) is 9.88 Å². The van der Waals surface area contributed by atoms with E-state index in [4.69, 9.17) is 9.52 Å². The Morgan fingerprint density at radius 1 is 1.45 bits per heavy atom. The van der Waals surface area contributed by atoms with E-state index in [0.29, 0.717) is 17.3 Å². The average molecular weight is 294 g/mol. The number of carboxylic acids is 1. The van der Waals surface area contributed by atoms with E-state index in [2.05, 4.69) is 4.98 Å². The minimum Gasteiger partial charge on any atom is -0.480 e. The molecule has 0 aliphatic rings. The number of rotatable bonds is 5. The summed E-state index contributed by atoms with van der Waals surface area (Å²) < 4.78 is 5.44. The Morgan fingerprint density at radius 3 is 2.75 bits per heavy atom. The number of furan rings is 1. The van der Waals surface area contributed by atoms with Crippen LogP contribution in [0.25, 0.3) is 10.8 Å². The highest BCUT2D eigenvalue weighted by Gasteiger charge is 2.20. The summed E-state index contributed by atoms with van der Waals surface area (Å²) in [5.74, 6) is -0.0602. The average Bonchev–Trinajstić information content (AvgIpc) is 3.03. The smallest absolute Gasteiger partial charge is 0.323 e. The molecule has 2 aromatic heterocycles. The zero-order valence-electron chi connectivity index (χ0n) is 11.1. The van der Waals surface area contributed by atoms with Crippen molar-refractivity contribution in [1.29, 1.82) is 0 Å². The van der Waals surface area contributed by atoms with Crippen LogP contribution in [0.1, 0.15) is 23.2 Å². The van der Waals surface area contributed by atoms with Gasteiger partial charge in [-0.2, -0.15) is 0 Å². The number of carbonyl (C=O) groups is 2. The standard InChI is InChI=1S/C13H14N2O4S/c1-3-15(6-11(16)17)13(18)9-7-20-12(14-9)10-5-4-8(2)19-10/h4-5,7H,3,6H2,1-2H3,(H,16,17). The molecule has 106 valence electrons. The number of hydrogen-bond acceptors (Lipinski definition) is 5. The summed E-state index contributed by atoms with van der Waals surface area (Å²) in [7, 11) is 0. The Labute approximate surface area is 119 Å². The van der Waals surface area contributed by atoms with Gasteiger partial charge in [0.15, 0.2) is 10.8 Å². The second kappa shape index (κ2) is 5.87. The lowest BCUT2D eigenvalue weighted by atomic mass is 10.3. The van der Waals surface area contributed by atoms with Gasteiger partial charge in [0, 0.05) is 11.9 Å². The fraction of sp³-hybridized carbons (Fsp3) is 0.308. The number of aromatic nitrogens is 1. The third-order valence-electron chi connectivity index (χ3n) is 2.67. The first-order valence-electron chi connectivity index (χ1n) is 6.04. The first kappa shape index (κ1) is 14.3. The molecule has 0 aliphatic heterocycles. The van der Waals surface area contributed by atoms with E-state index < -0.39 is 5.97 Å². The molecule has 2 aromatic rings. The summed E-state index contributed by atoms with van der Waals surface area (Å²) in [5.41, 5.74) is 0.238. The lowest BCUT2D eigenvalue weighted by Crippen LogP contribution is -2.35. The highest BCUT2D eigenvalue weighted by Crippen LogP contribution is 2.25. The van der Waals surface area contributed by atoms with Crippen LogP contribution in [0.4, 0.5) is 0 Å². The van der Waals surface area contributed by atoms with Crippen LogP contribution in [0.15, 0.2) is 21.9 Å². The maximum Gasteiger partial charge on any atom is 0.323 e. The predicted molar refractivity (Wildman–Crippen MR) is 73.8 cm³/mol. The molecular formula is C13H14N2O4S. The van der Waals surface area contributed by atoms with Crippen molar-refractivity contribution in [3.63, 3.8) is 0 Å². The monoisotopic (exact) mass is 294 g/mol. The SMILES string of the molecule is CCN(CC(=O)O)C(=O)c1csc(-c2ccc(C)o2)n1. The Morgan fingerprint density at radius 2 is 2.20 bits per heavy atom. The van der Waals surface area contributed by atoms with Crippen molar-refractivity contribution in [3.8, 4) is 10.8 Å². The first-order valence-corrected chi connectivity index (χ1v) is 6.92. The molecule has 0 radical (unpaired) electrons. The number of carboxylic acid groups (broad SMARTS) is 1. The topological polar surface area (TPSA) is 83.6 Å². The highest BCUT2D eigenvalue weighted by molar-refractivity contribution is 7.13. The van der Waals surface area contributed by atoms with Crippen LogP contribution in [0.5, 0.6) is 0 Å². The number of thiazole rings is 1. The van der Waals surface area contributed by atoms with Gasteiger partial charge in [-0.3, -0.25) is 9.59 Å². The minimum absolute atomic E-state index is 0.238. The molecule has 0 aromatic carbocycles. The molecule has 0 bridgehead atoms. The third kappa shape index (κ3) is 3.05. The molecule has 2 heterocycles. The van der Waals surface area contributed by atoms with Crippen LogP contribution >= 0.6 is 11.3 Å². The molecule has 1 N–H and O–H groups in total. The van der Waals surface area contributed by atoms with Crippen LogP contribution in [0, 0.1) is 6.92 Å². The van der Waals surface area contributed by atoms with Gasteiger partial charge < -0.3 is 14.4 Å². The summed E-state index contributed by atoms with van der Waals surface area (Å²) in [6.45, 7) is 3.54. The fourth-order valence-corrected chi connectivity index (χ4v) is 2.44. The van der Waals surface area contributed by atoms with E-state index in [1.807, 2.05) is 13.0 Å². The number of aryl methyl sites for hydroxylation is 1. The van der Waals surface area contributed by atoms with Crippen LogP contribution in [-0.2, 0) is 4.79 Å². The molecule has 6 nitrogen and oxygen atoms in total. The van der Waals surface area contributed by atoms with Gasteiger partial charge in [-0.15, -0.1) is 11.3 Å². The molecule has 1 amide bonds. The second-order valence-corrected chi connectivity index (χ2v) is 5.02. The van der Waals surface area contributed by atoms with Crippen molar-refractivity contribution in [2.24, 2.45) is 0 Å². The van der Waals surface area contributed by atoms with Crippen molar-refractivity contribution < 1.29 is 19.1 Å². The normalized spacial score (nSPS) is 10.5. The number of nitrogens with zero attached hydrogens (tertiary/aromatic N) is 2. The Kier molecular flexibility index (Phi) is 4.19. The van der Waals surface area contributed by atoms with E-state index in [1.54, 1.807) is 18.4 Å². The summed E-state index contributed by atoms with van der Waals surface area (Å²) in [5, 5.41) is 11.0. The molecule has 0 spiro atoms. The van der Waals surface area contributed by atoms with E-state index in [1.165, 1.54) is 16.2 Å². The van der Waals surface area contributed by atoms with Gasteiger partial charge in [0.1, 0.15) is 18.0 Å². The van der Waals surface area contributed by atoms with Gasteiger partial charge in [-0.25, -0.2) is 4.98 Å². The molecule has 0 aliphatic carbocycles. The van der Waals surface area contributed by atoms with E-state index in [0.717, 1.165) is 5.76 Å². The van der Waals surface area contributed by atoms with Gasteiger partial charge in [0.25, 0.3) is 5.91 Å². The number of hydrogen-bond donors (Lipinski definition) is 1. The molecular weight excluding hydrogens is 280 g/mol. The molecule has 0 fully saturated rings. The van der Waals surface area contributed by atoms with Crippen LogP contribution in [0.3, 0.4) is 0 Å². The molecule has 0 saturated heterocycles. The van der Waals surface area contributed by atoms with Gasteiger partial charge >= 0.3 is 5.97 Å². The fourth-order valence-electron chi connectivity index (χ4n) is 1.69. The molecule has 7 heteroatoms. The van der Waals surface area contributed by atoms with Crippen LogP contribution in [0.2, 0.25) is 0 Å². The van der Waals surface area contributed by atoms with E-state index >= 15 is 0 Å².